The molecule has 7 heteroatoms. The molecule has 2 fully saturated rings. The largest absolute Gasteiger partial charge is 0.385 e. The number of aliphatic imine (C=N–C) groups is 1. The molecule has 3 N–H and O–H groups in total. The molecule has 1 aliphatic carbocycles. The van der Waals surface area contributed by atoms with Gasteiger partial charge in [-0.05, 0) is 68.8 Å². The second-order valence-corrected chi connectivity index (χ2v) is 11.0. The zero-order valence-electron chi connectivity index (χ0n) is 21.2. The van der Waals surface area contributed by atoms with Crippen LogP contribution in [0.5, 0.6) is 0 Å². The monoisotopic (exact) mass is 530 g/mol. The maximum atomic E-state index is 11.6. The minimum Gasteiger partial charge on any atom is -0.385 e. The topological polar surface area (TPSA) is 59.9 Å². The Morgan fingerprint density at radius 3 is 2.22 bits per heavy atom. The summed E-state index contributed by atoms with van der Waals surface area (Å²) in [6, 6.07) is 15.8. The summed E-state index contributed by atoms with van der Waals surface area (Å²) < 4.78 is 0. The molecule has 2 aromatic carbocycles. The predicted molar refractivity (Wildman–Crippen MR) is 152 cm³/mol. The highest BCUT2D eigenvalue weighted by molar-refractivity contribution is 6.39. The van der Waals surface area contributed by atoms with Crippen LogP contribution in [0.25, 0.3) is 0 Å². The molecule has 36 heavy (non-hydrogen) atoms. The number of piperidine rings is 1. The number of anilines is 1. The fourth-order valence-corrected chi connectivity index (χ4v) is 6.11. The van der Waals surface area contributed by atoms with Crippen molar-refractivity contribution >= 4 is 34.8 Å². The van der Waals surface area contributed by atoms with Gasteiger partial charge >= 0.3 is 0 Å². The number of hydrogen-bond acceptors (Lipinski definition) is 5. The maximum Gasteiger partial charge on any atom is 0.196 e. The fraction of sp³-hybridized carbons (Fsp3) is 0.552. The Bertz CT molecular complexity index is 954. The minimum absolute atomic E-state index is 0.438. The molecule has 1 saturated carbocycles. The van der Waals surface area contributed by atoms with Gasteiger partial charge in [-0.15, -0.1) is 0 Å². The summed E-state index contributed by atoms with van der Waals surface area (Å²) in [4.78, 5) is 6.75. The van der Waals surface area contributed by atoms with E-state index in [0.717, 1.165) is 37.6 Å². The van der Waals surface area contributed by atoms with Crippen LogP contribution in [0.3, 0.4) is 0 Å². The molecule has 3 aliphatic rings. The van der Waals surface area contributed by atoms with Crippen molar-refractivity contribution in [2.24, 2.45) is 10.9 Å². The van der Waals surface area contributed by atoms with Gasteiger partial charge in [-0.2, -0.15) is 0 Å². The van der Waals surface area contributed by atoms with Crippen molar-refractivity contribution in [3.63, 3.8) is 0 Å². The average Bonchev–Trinajstić information content (AvgIpc) is 3.45. The molecule has 5 nitrogen and oxygen atoms in total. The zero-order chi connectivity index (χ0) is 25.2. The first-order valence-corrected chi connectivity index (χ1v) is 14.3. The Morgan fingerprint density at radius 1 is 0.917 bits per heavy atom. The Balaban J connectivity index is 0.000000187. The molecule has 1 saturated heterocycles. The van der Waals surface area contributed by atoms with E-state index in [4.69, 9.17) is 23.2 Å². The first-order chi connectivity index (χ1) is 17.6. The van der Waals surface area contributed by atoms with E-state index in [0.29, 0.717) is 21.7 Å². The Labute approximate surface area is 226 Å². The molecular formula is C29H40Cl2N4O. The Hall–Kier alpha value is -1.79. The van der Waals surface area contributed by atoms with Crippen molar-refractivity contribution in [3.8, 4) is 0 Å². The molecular weight excluding hydrogens is 491 g/mol. The SMILES string of the molecule is Clc1cccc(Cl)c1NC1=NCCN1.OC(CCN1CCCCC1)(c1ccccc1)C1CCCCC1. The van der Waals surface area contributed by atoms with Gasteiger partial charge in [0.15, 0.2) is 5.96 Å². The minimum atomic E-state index is -0.626. The number of guanidine groups is 1. The smallest absolute Gasteiger partial charge is 0.196 e. The Morgan fingerprint density at radius 2 is 1.58 bits per heavy atom. The predicted octanol–water partition coefficient (Wildman–Crippen LogP) is 6.70. The molecule has 196 valence electrons. The van der Waals surface area contributed by atoms with Gasteiger partial charge in [-0.25, -0.2) is 0 Å². The van der Waals surface area contributed by atoms with Gasteiger partial charge in [0, 0.05) is 13.1 Å². The van der Waals surface area contributed by atoms with Crippen molar-refractivity contribution in [1.29, 1.82) is 0 Å². The van der Waals surface area contributed by atoms with Crippen LogP contribution in [0.15, 0.2) is 53.5 Å². The van der Waals surface area contributed by atoms with Crippen molar-refractivity contribution in [3.05, 3.63) is 64.1 Å². The van der Waals surface area contributed by atoms with Gasteiger partial charge in [-0.3, -0.25) is 4.99 Å². The lowest BCUT2D eigenvalue weighted by atomic mass is 9.71. The number of rotatable bonds is 6. The van der Waals surface area contributed by atoms with Gasteiger partial charge in [-0.1, -0.05) is 85.3 Å². The Kier molecular flexibility index (Phi) is 10.3. The maximum absolute atomic E-state index is 11.6. The van der Waals surface area contributed by atoms with Crippen LogP contribution in [-0.4, -0.2) is 48.7 Å². The van der Waals surface area contributed by atoms with Crippen LogP contribution in [-0.2, 0) is 5.60 Å². The lowest BCUT2D eigenvalue weighted by Gasteiger charge is -2.40. The van der Waals surface area contributed by atoms with Crippen LogP contribution in [0.1, 0.15) is 63.4 Å². The third kappa shape index (κ3) is 7.38. The van der Waals surface area contributed by atoms with E-state index in [1.54, 1.807) is 18.2 Å². The second-order valence-electron chi connectivity index (χ2n) is 10.2. The lowest BCUT2D eigenvalue weighted by molar-refractivity contribution is -0.0528. The number of benzene rings is 2. The summed E-state index contributed by atoms with van der Waals surface area (Å²) in [7, 11) is 0. The summed E-state index contributed by atoms with van der Waals surface area (Å²) >= 11 is 12.0. The first kappa shape index (κ1) is 27.3. The summed E-state index contributed by atoms with van der Waals surface area (Å²) in [5.41, 5.74) is 1.21. The summed E-state index contributed by atoms with van der Waals surface area (Å²) in [6.45, 7) is 5.11. The summed E-state index contributed by atoms with van der Waals surface area (Å²) in [6.07, 6.45) is 11.2. The average molecular weight is 532 g/mol. The van der Waals surface area contributed by atoms with E-state index in [2.05, 4.69) is 50.9 Å². The molecule has 5 rings (SSSR count). The van der Waals surface area contributed by atoms with Crippen LogP contribution in [0.2, 0.25) is 10.0 Å². The third-order valence-electron chi connectivity index (χ3n) is 7.69. The van der Waals surface area contributed by atoms with Crippen LogP contribution in [0.4, 0.5) is 5.69 Å². The van der Waals surface area contributed by atoms with Gasteiger partial charge in [0.2, 0.25) is 0 Å². The van der Waals surface area contributed by atoms with Crippen LogP contribution < -0.4 is 10.6 Å². The van der Waals surface area contributed by atoms with E-state index < -0.39 is 5.60 Å². The number of nitrogens with one attached hydrogen (secondary N) is 2. The molecule has 1 atom stereocenters. The van der Waals surface area contributed by atoms with E-state index in [-0.39, 0.29) is 0 Å². The highest BCUT2D eigenvalue weighted by Gasteiger charge is 2.38. The normalized spacial score (nSPS) is 20.5. The van der Waals surface area contributed by atoms with Crippen LogP contribution in [0, 0.1) is 5.92 Å². The highest BCUT2D eigenvalue weighted by atomic mass is 35.5. The molecule has 0 bridgehead atoms. The van der Waals surface area contributed by atoms with E-state index in [9.17, 15) is 5.11 Å². The van der Waals surface area contributed by atoms with Crippen molar-refractivity contribution < 1.29 is 5.11 Å². The van der Waals surface area contributed by atoms with Crippen LogP contribution >= 0.6 is 23.2 Å². The third-order valence-corrected chi connectivity index (χ3v) is 8.32. The van der Waals surface area contributed by atoms with E-state index in [1.807, 2.05) is 0 Å². The number of halogens is 2. The van der Waals surface area contributed by atoms with Gasteiger partial charge in [0.25, 0.3) is 0 Å². The highest BCUT2D eigenvalue weighted by Crippen LogP contribution is 2.41. The quantitative estimate of drug-likeness (QED) is 0.389. The molecule has 2 heterocycles. The summed E-state index contributed by atoms with van der Waals surface area (Å²) in [5, 5.41) is 18.9. The van der Waals surface area contributed by atoms with Gasteiger partial charge in [0.05, 0.1) is 27.9 Å². The van der Waals surface area contributed by atoms with Crippen molar-refractivity contribution in [2.75, 3.05) is 38.0 Å². The number of aliphatic hydroxyl groups is 1. The lowest BCUT2D eigenvalue weighted by Crippen LogP contribution is -2.41. The molecule has 0 radical (unpaired) electrons. The summed E-state index contributed by atoms with van der Waals surface area (Å²) in [5.74, 6) is 1.16. The number of likely N-dealkylation sites (tertiary alicyclic amines) is 1. The number of para-hydroxylation sites is 1. The van der Waals surface area contributed by atoms with Crippen molar-refractivity contribution in [2.45, 2.75) is 63.4 Å². The van der Waals surface area contributed by atoms with E-state index in [1.165, 1.54) is 64.5 Å². The number of nitrogens with zero attached hydrogens (tertiary/aromatic N) is 2. The van der Waals surface area contributed by atoms with Gasteiger partial charge < -0.3 is 20.6 Å². The zero-order valence-corrected chi connectivity index (χ0v) is 22.7. The first-order valence-electron chi connectivity index (χ1n) is 13.6. The second kappa shape index (κ2) is 13.7. The van der Waals surface area contributed by atoms with Crippen molar-refractivity contribution in [1.82, 2.24) is 10.2 Å². The molecule has 0 aromatic heterocycles. The molecule has 0 spiro atoms. The van der Waals surface area contributed by atoms with Gasteiger partial charge in [0.1, 0.15) is 0 Å². The molecule has 0 amide bonds. The molecule has 2 aliphatic heterocycles. The molecule has 2 aromatic rings. The number of hydrogen-bond donors (Lipinski definition) is 3. The van der Waals surface area contributed by atoms with E-state index >= 15 is 0 Å². The molecule has 1 unspecified atom stereocenters. The fourth-order valence-electron chi connectivity index (χ4n) is 5.62. The standard InChI is InChI=1S/C20H31NO.C9H9Cl2N3/c22-20(18-10-4-1-5-11-18,19-12-6-2-7-13-19)14-17-21-15-8-3-9-16-21;10-6-2-1-3-7(11)8(6)14-9-12-4-5-13-9/h1,4-5,10-11,19,22H,2-3,6-9,12-17H2;1-3H,4-5H2,(H2,12,13,14).